The van der Waals surface area contributed by atoms with Crippen LogP contribution in [0.25, 0.3) is 16.9 Å². The number of carbonyl (C=O) groups is 1. The summed E-state index contributed by atoms with van der Waals surface area (Å²) in [7, 11) is 0. The lowest BCUT2D eigenvalue weighted by atomic mass is 9.91. The van der Waals surface area contributed by atoms with Crippen molar-refractivity contribution in [2.75, 3.05) is 0 Å². The fourth-order valence-corrected chi connectivity index (χ4v) is 4.85. The summed E-state index contributed by atoms with van der Waals surface area (Å²) in [6.07, 6.45) is 3.50. The average molecular weight is 499 g/mol. The number of nitrogens with zero attached hydrogens (tertiary/aromatic N) is 5. The second kappa shape index (κ2) is 9.74. The molecule has 0 saturated heterocycles. The van der Waals surface area contributed by atoms with Gasteiger partial charge in [0, 0.05) is 17.5 Å². The SMILES string of the molecule is CCCc1c(Cc2ccc(-c3ccccc3)c(C3=NNC(=O)C3)c2)c(=O)n(CC(C)(C)O)c2ncnn12. The largest absolute Gasteiger partial charge is 0.389 e. The Balaban J connectivity index is 1.65. The van der Waals surface area contributed by atoms with E-state index in [1.54, 1.807) is 18.4 Å². The van der Waals surface area contributed by atoms with Crippen LogP contribution in [-0.2, 0) is 24.2 Å². The standard InChI is InChI=1S/C28H30N6O3/c1-4-8-24-22(26(36)33(16-28(2,3)37)27-29-17-30-34(24)27)14-18-11-12-20(19-9-6-5-7-10-19)21(13-18)23-15-25(35)32-31-23/h5-7,9-13,17,37H,4,8,14-16H2,1-3H3,(H,32,35). The molecule has 1 amide bonds. The van der Waals surface area contributed by atoms with Gasteiger partial charge in [0.15, 0.2) is 0 Å². The van der Waals surface area contributed by atoms with E-state index in [1.807, 2.05) is 48.5 Å². The average Bonchev–Trinajstić information content (AvgIpc) is 3.53. The Hall–Kier alpha value is -4.11. The van der Waals surface area contributed by atoms with Gasteiger partial charge in [-0.05, 0) is 43.0 Å². The number of hydrogen-bond donors (Lipinski definition) is 2. The number of hydrazone groups is 1. The van der Waals surface area contributed by atoms with Gasteiger partial charge in [-0.3, -0.25) is 14.2 Å². The summed E-state index contributed by atoms with van der Waals surface area (Å²) in [5, 5.41) is 19.2. The third-order valence-electron chi connectivity index (χ3n) is 6.41. The molecule has 0 saturated carbocycles. The van der Waals surface area contributed by atoms with Crippen LogP contribution in [0.5, 0.6) is 0 Å². The van der Waals surface area contributed by atoms with E-state index in [-0.39, 0.29) is 24.4 Å². The fourth-order valence-electron chi connectivity index (χ4n) is 4.85. The maximum absolute atomic E-state index is 13.8. The number of aryl methyl sites for hydroxylation is 1. The van der Waals surface area contributed by atoms with Crippen molar-refractivity contribution in [1.82, 2.24) is 24.6 Å². The quantitative estimate of drug-likeness (QED) is 0.388. The lowest BCUT2D eigenvalue weighted by Crippen LogP contribution is -2.36. The Bertz CT molecular complexity index is 1560. The molecule has 3 heterocycles. The molecule has 0 aliphatic carbocycles. The minimum absolute atomic E-state index is 0.0935. The molecule has 0 radical (unpaired) electrons. The highest BCUT2D eigenvalue weighted by Gasteiger charge is 2.24. The molecule has 1 aliphatic heterocycles. The van der Waals surface area contributed by atoms with Crippen LogP contribution >= 0.6 is 0 Å². The molecule has 0 fully saturated rings. The molecule has 0 spiro atoms. The zero-order valence-corrected chi connectivity index (χ0v) is 21.2. The van der Waals surface area contributed by atoms with E-state index < -0.39 is 5.60 Å². The third kappa shape index (κ3) is 4.95. The molecule has 1 aliphatic rings. The van der Waals surface area contributed by atoms with E-state index in [0.29, 0.717) is 29.9 Å². The van der Waals surface area contributed by atoms with Crippen LogP contribution in [0.15, 0.2) is 64.8 Å². The molecule has 9 heteroatoms. The minimum Gasteiger partial charge on any atom is -0.389 e. The number of aromatic nitrogens is 4. The molecule has 2 N–H and O–H groups in total. The van der Waals surface area contributed by atoms with Gasteiger partial charge in [0.05, 0.1) is 30.0 Å². The summed E-state index contributed by atoms with van der Waals surface area (Å²) in [5.74, 6) is 0.278. The van der Waals surface area contributed by atoms with Crippen LogP contribution in [0, 0.1) is 0 Å². The lowest BCUT2D eigenvalue weighted by molar-refractivity contribution is -0.119. The third-order valence-corrected chi connectivity index (χ3v) is 6.41. The van der Waals surface area contributed by atoms with Gasteiger partial charge in [-0.2, -0.15) is 15.2 Å². The van der Waals surface area contributed by atoms with Crippen LogP contribution in [0.2, 0.25) is 0 Å². The summed E-state index contributed by atoms with van der Waals surface area (Å²) in [6, 6.07) is 16.0. The second-order valence-electron chi connectivity index (χ2n) is 10.0. The Kier molecular flexibility index (Phi) is 6.47. The van der Waals surface area contributed by atoms with Gasteiger partial charge < -0.3 is 5.11 Å². The van der Waals surface area contributed by atoms with Gasteiger partial charge in [-0.25, -0.2) is 9.94 Å². The zero-order valence-electron chi connectivity index (χ0n) is 21.2. The van der Waals surface area contributed by atoms with Crippen molar-refractivity contribution >= 4 is 17.4 Å². The number of benzene rings is 2. The number of hydrogen-bond acceptors (Lipinski definition) is 6. The molecule has 2 aromatic carbocycles. The van der Waals surface area contributed by atoms with E-state index in [0.717, 1.165) is 34.4 Å². The smallest absolute Gasteiger partial charge is 0.258 e. The topological polar surface area (TPSA) is 114 Å². The van der Waals surface area contributed by atoms with E-state index in [1.165, 1.54) is 10.9 Å². The fraction of sp³-hybridized carbons (Fsp3) is 0.321. The van der Waals surface area contributed by atoms with Gasteiger partial charge >= 0.3 is 0 Å². The maximum atomic E-state index is 13.8. The highest BCUT2D eigenvalue weighted by molar-refractivity contribution is 6.16. The van der Waals surface area contributed by atoms with Crippen LogP contribution in [0.1, 0.15) is 56.0 Å². The molecule has 4 aromatic rings. The Morgan fingerprint density at radius 2 is 1.86 bits per heavy atom. The number of aliphatic hydroxyl groups is 1. The van der Waals surface area contributed by atoms with E-state index in [2.05, 4.69) is 27.5 Å². The zero-order chi connectivity index (χ0) is 26.2. The molecule has 37 heavy (non-hydrogen) atoms. The number of fused-ring (bicyclic) bond motifs is 1. The molecule has 0 atom stereocenters. The summed E-state index contributed by atoms with van der Waals surface area (Å²) < 4.78 is 3.22. The van der Waals surface area contributed by atoms with Crippen molar-refractivity contribution in [2.45, 2.75) is 58.6 Å². The van der Waals surface area contributed by atoms with Gasteiger partial charge in [0.25, 0.3) is 5.56 Å². The summed E-state index contributed by atoms with van der Waals surface area (Å²) in [4.78, 5) is 30.1. The van der Waals surface area contributed by atoms with Gasteiger partial charge in [-0.15, -0.1) is 0 Å². The first-order valence-electron chi connectivity index (χ1n) is 12.5. The van der Waals surface area contributed by atoms with Crippen LogP contribution in [-0.4, -0.2) is 41.5 Å². The van der Waals surface area contributed by atoms with Crippen molar-refractivity contribution in [3.05, 3.63) is 87.6 Å². The van der Waals surface area contributed by atoms with Crippen molar-refractivity contribution in [2.24, 2.45) is 5.10 Å². The monoisotopic (exact) mass is 498 g/mol. The van der Waals surface area contributed by atoms with Crippen molar-refractivity contribution in [3.8, 4) is 11.1 Å². The van der Waals surface area contributed by atoms with Crippen LogP contribution < -0.4 is 11.0 Å². The first kappa shape index (κ1) is 24.6. The molecular formula is C28H30N6O3. The van der Waals surface area contributed by atoms with E-state index in [4.69, 9.17) is 0 Å². The number of carbonyl (C=O) groups excluding carboxylic acids is 1. The Morgan fingerprint density at radius 1 is 1.08 bits per heavy atom. The molecule has 2 aromatic heterocycles. The number of amides is 1. The highest BCUT2D eigenvalue weighted by atomic mass is 16.3. The predicted octanol–water partition coefficient (Wildman–Crippen LogP) is 3.10. The molecule has 5 rings (SSSR count). The van der Waals surface area contributed by atoms with Crippen LogP contribution in [0.4, 0.5) is 0 Å². The lowest BCUT2D eigenvalue weighted by Gasteiger charge is -2.21. The van der Waals surface area contributed by atoms with Crippen molar-refractivity contribution < 1.29 is 9.90 Å². The van der Waals surface area contributed by atoms with Gasteiger partial charge in [-0.1, -0.05) is 55.8 Å². The first-order valence-corrected chi connectivity index (χ1v) is 12.5. The number of rotatable bonds is 8. The van der Waals surface area contributed by atoms with E-state index >= 15 is 0 Å². The molecular weight excluding hydrogens is 468 g/mol. The maximum Gasteiger partial charge on any atom is 0.258 e. The number of nitrogens with one attached hydrogen (secondary N) is 1. The molecule has 0 unspecified atom stereocenters. The molecule has 9 nitrogen and oxygen atoms in total. The summed E-state index contributed by atoms with van der Waals surface area (Å²) >= 11 is 0. The predicted molar refractivity (Wildman–Crippen MR) is 142 cm³/mol. The van der Waals surface area contributed by atoms with Crippen molar-refractivity contribution in [1.29, 1.82) is 0 Å². The summed E-state index contributed by atoms with van der Waals surface area (Å²) in [6.45, 7) is 5.48. The van der Waals surface area contributed by atoms with Crippen LogP contribution in [0.3, 0.4) is 0 Å². The second-order valence-corrected chi connectivity index (χ2v) is 10.0. The Labute approximate surface area is 214 Å². The van der Waals surface area contributed by atoms with E-state index in [9.17, 15) is 14.7 Å². The minimum atomic E-state index is -1.11. The highest BCUT2D eigenvalue weighted by Crippen LogP contribution is 2.28. The molecule has 190 valence electrons. The summed E-state index contributed by atoms with van der Waals surface area (Å²) in [5.41, 5.74) is 7.13. The Morgan fingerprint density at radius 3 is 2.54 bits per heavy atom. The first-order chi connectivity index (χ1) is 17.7. The van der Waals surface area contributed by atoms with Gasteiger partial charge in [0.1, 0.15) is 6.33 Å². The normalized spacial score (nSPS) is 13.7. The molecule has 0 bridgehead atoms. The van der Waals surface area contributed by atoms with Gasteiger partial charge in [0.2, 0.25) is 11.7 Å². The van der Waals surface area contributed by atoms with Crippen molar-refractivity contribution in [3.63, 3.8) is 0 Å².